The van der Waals surface area contributed by atoms with Gasteiger partial charge in [0.25, 0.3) is 0 Å². The Morgan fingerprint density at radius 3 is 2.92 bits per heavy atom. The van der Waals surface area contributed by atoms with Gasteiger partial charge < -0.3 is 15.4 Å². The van der Waals surface area contributed by atoms with Gasteiger partial charge in [-0.3, -0.25) is 4.79 Å². The van der Waals surface area contributed by atoms with Gasteiger partial charge in [0.15, 0.2) is 0 Å². The first-order valence-electron chi connectivity index (χ1n) is 8.66. The maximum Gasteiger partial charge on any atom is 0.229 e. The van der Waals surface area contributed by atoms with Gasteiger partial charge in [-0.25, -0.2) is 0 Å². The zero-order chi connectivity index (χ0) is 17.6. The fraction of sp³-hybridized carbons (Fsp3) is 0.500. The highest BCUT2D eigenvalue weighted by atomic mass is 32.1. The number of piperidine rings is 1. The highest BCUT2D eigenvalue weighted by Gasteiger charge is 2.21. The molecule has 3 rings (SSSR count). The topological polar surface area (TPSA) is 76.1 Å². The maximum absolute atomic E-state index is 12.2. The number of aryl methyl sites for hydroxylation is 2. The number of carbonyl (C=O) groups excluding carboxylic acids is 1. The van der Waals surface area contributed by atoms with Crippen LogP contribution in [0.5, 0.6) is 5.75 Å². The van der Waals surface area contributed by atoms with Gasteiger partial charge in [-0.15, -0.1) is 10.2 Å². The molecule has 1 aliphatic heterocycles. The lowest BCUT2D eigenvalue weighted by Crippen LogP contribution is -2.34. The minimum absolute atomic E-state index is 0.0517. The van der Waals surface area contributed by atoms with Gasteiger partial charge in [0, 0.05) is 12.3 Å². The molecule has 0 saturated carbocycles. The third-order valence-electron chi connectivity index (χ3n) is 4.32. The van der Waals surface area contributed by atoms with Crippen LogP contribution in [0.15, 0.2) is 18.2 Å². The van der Waals surface area contributed by atoms with Gasteiger partial charge in [0.1, 0.15) is 10.8 Å². The molecule has 0 aliphatic carbocycles. The summed E-state index contributed by atoms with van der Waals surface area (Å²) in [6, 6.07) is 6.18. The number of nitrogens with zero attached hydrogens (tertiary/aromatic N) is 2. The number of carbonyl (C=O) groups is 1. The van der Waals surface area contributed by atoms with E-state index in [1.807, 2.05) is 19.9 Å². The summed E-state index contributed by atoms with van der Waals surface area (Å²) in [5.74, 6) is 1.03. The Bertz CT molecular complexity index is 726. The molecule has 1 aliphatic rings. The van der Waals surface area contributed by atoms with Crippen molar-refractivity contribution in [2.24, 2.45) is 5.92 Å². The van der Waals surface area contributed by atoms with Gasteiger partial charge in [-0.05, 0) is 57.0 Å². The lowest BCUT2D eigenvalue weighted by molar-refractivity contribution is -0.120. The molecule has 0 bridgehead atoms. The standard InChI is InChI=1S/C18H24N4O2S/c1-12-3-4-13(2)15(11-12)24-10-7-16-21-22-18(25-16)20-17(23)14-5-8-19-9-6-14/h3-4,11,14,19H,5-10H2,1-2H3,(H,20,22,23). The first-order chi connectivity index (χ1) is 12.1. The number of aromatic nitrogens is 2. The molecular weight excluding hydrogens is 336 g/mol. The number of amides is 1. The van der Waals surface area contributed by atoms with E-state index in [1.165, 1.54) is 16.9 Å². The summed E-state index contributed by atoms with van der Waals surface area (Å²) in [6.45, 7) is 6.42. The number of rotatable bonds is 6. The average molecular weight is 360 g/mol. The van der Waals surface area contributed by atoms with Gasteiger partial charge in [-0.1, -0.05) is 23.5 Å². The Kier molecular flexibility index (Phi) is 5.99. The Morgan fingerprint density at radius 2 is 2.12 bits per heavy atom. The van der Waals surface area contributed by atoms with E-state index in [9.17, 15) is 4.79 Å². The highest BCUT2D eigenvalue weighted by molar-refractivity contribution is 7.15. The zero-order valence-corrected chi connectivity index (χ0v) is 15.5. The summed E-state index contributed by atoms with van der Waals surface area (Å²) in [4.78, 5) is 12.2. The summed E-state index contributed by atoms with van der Waals surface area (Å²) in [5.41, 5.74) is 2.30. The second kappa shape index (κ2) is 8.40. The SMILES string of the molecule is Cc1ccc(C)c(OCCc2nnc(NC(=O)C3CCNCC3)s2)c1. The molecule has 7 heteroatoms. The molecule has 0 spiro atoms. The number of benzene rings is 1. The Labute approximate surface area is 152 Å². The molecule has 2 N–H and O–H groups in total. The second-order valence-corrected chi connectivity index (χ2v) is 7.44. The average Bonchev–Trinajstić information content (AvgIpc) is 3.06. The monoisotopic (exact) mass is 360 g/mol. The lowest BCUT2D eigenvalue weighted by atomic mass is 9.97. The van der Waals surface area contributed by atoms with Crippen molar-refractivity contribution < 1.29 is 9.53 Å². The fourth-order valence-corrected chi connectivity index (χ4v) is 3.53. The Hall–Kier alpha value is -1.99. The molecule has 0 atom stereocenters. The normalized spacial score (nSPS) is 15.1. The minimum Gasteiger partial charge on any atom is -0.493 e. The molecule has 0 unspecified atom stereocenters. The largest absolute Gasteiger partial charge is 0.493 e. The smallest absolute Gasteiger partial charge is 0.229 e. The molecule has 2 heterocycles. The van der Waals surface area contributed by atoms with Crippen LogP contribution in [0.2, 0.25) is 0 Å². The summed E-state index contributed by atoms with van der Waals surface area (Å²) in [6.07, 6.45) is 2.43. The van der Waals surface area contributed by atoms with Crippen molar-refractivity contribution in [1.29, 1.82) is 0 Å². The van der Waals surface area contributed by atoms with E-state index in [1.54, 1.807) is 0 Å². The van der Waals surface area contributed by atoms with Crippen molar-refractivity contribution in [3.05, 3.63) is 34.3 Å². The fourth-order valence-electron chi connectivity index (χ4n) is 2.81. The number of hydrogen-bond donors (Lipinski definition) is 2. The first kappa shape index (κ1) is 17.8. The quantitative estimate of drug-likeness (QED) is 0.828. The molecule has 1 aromatic carbocycles. The molecule has 1 amide bonds. The lowest BCUT2D eigenvalue weighted by Gasteiger charge is -2.20. The van der Waals surface area contributed by atoms with Gasteiger partial charge in [0.2, 0.25) is 11.0 Å². The van der Waals surface area contributed by atoms with Crippen molar-refractivity contribution in [2.45, 2.75) is 33.1 Å². The maximum atomic E-state index is 12.2. The molecule has 134 valence electrons. The van der Waals surface area contributed by atoms with Crippen molar-refractivity contribution in [1.82, 2.24) is 15.5 Å². The zero-order valence-electron chi connectivity index (χ0n) is 14.7. The van der Waals surface area contributed by atoms with Crippen LogP contribution >= 0.6 is 11.3 Å². The summed E-state index contributed by atoms with van der Waals surface area (Å²) in [7, 11) is 0. The molecule has 2 aromatic rings. The van der Waals surface area contributed by atoms with E-state index in [2.05, 4.69) is 33.0 Å². The van der Waals surface area contributed by atoms with Crippen LogP contribution in [0.1, 0.15) is 29.0 Å². The third kappa shape index (κ3) is 4.99. The summed E-state index contributed by atoms with van der Waals surface area (Å²) in [5, 5.41) is 15.8. The van der Waals surface area contributed by atoms with Crippen LogP contribution in [-0.4, -0.2) is 35.8 Å². The van der Waals surface area contributed by atoms with E-state index in [4.69, 9.17) is 4.74 Å². The molecule has 25 heavy (non-hydrogen) atoms. The minimum atomic E-state index is 0.0517. The van der Waals surface area contributed by atoms with Crippen molar-refractivity contribution in [3.63, 3.8) is 0 Å². The Balaban J connectivity index is 1.48. The predicted molar refractivity (Wildman–Crippen MR) is 99.2 cm³/mol. The van der Waals surface area contributed by atoms with Crippen molar-refractivity contribution >= 4 is 22.4 Å². The van der Waals surface area contributed by atoms with Crippen LogP contribution < -0.4 is 15.4 Å². The van der Waals surface area contributed by atoms with Crippen LogP contribution in [0.25, 0.3) is 0 Å². The van der Waals surface area contributed by atoms with Crippen molar-refractivity contribution in [3.8, 4) is 5.75 Å². The van der Waals surface area contributed by atoms with E-state index in [-0.39, 0.29) is 11.8 Å². The number of hydrogen-bond acceptors (Lipinski definition) is 6. The summed E-state index contributed by atoms with van der Waals surface area (Å²) < 4.78 is 5.85. The van der Waals surface area contributed by atoms with E-state index in [0.717, 1.165) is 42.3 Å². The van der Waals surface area contributed by atoms with E-state index in [0.29, 0.717) is 18.2 Å². The molecule has 1 fully saturated rings. The van der Waals surface area contributed by atoms with Crippen LogP contribution in [0.4, 0.5) is 5.13 Å². The van der Waals surface area contributed by atoms with Gasteiger partial charge in [0.05, 0.1) is 6.61 Å². The molecule has 1 aromatic heterocycles. The highest BCUT2D eigenvalue weighted by Crippen LogP contribution is 2.21. The van der Waals surface area contributed by atoms with Crippen LogP contribution in [-0.2, 0) is 11.2 Å². The van der Waals surface area contributed by atoms with Gasteiger partial charge in [-0.2, -0.15) is 0 Å². The summed E-state index contributed by atoms with van der Waals surface area (Å²) >= 11 is 1.42. The first-order valence-corrected chi connectivity index (χ1v) is 9.47. The van der Waals surface area contributed by atoms with E-state index >= 15 is 0 Å². The molecule has 6 nitrogen and oxygen atoms in total. The number of anilines is 1. The molecule has 0 radical (unpaired) electrons. The van der Waals surface area contributed by atoms with E-state index < -0.39 is 0 Å². The van der Waals surface area contributed by atoms with Gasteiger partial charge >= 0.3 is 0 Å². The van der Waals surface area contributed by atoms with Crippen LogP contribution in [0.3, 0.4) is 0 Å². The predicted octanol–water partition coefficient (Wildman–Crippen LogP) is 2.71. The third-order valence-corrected chi connectivity index (χ3v) is 5.22. The number of nitrogens with one attached hydrogen (secondary N) is 2. The van der Waals surface area contributed by atoms with Crippen LogP contribution in [0, 0.1) is 19.8 Å². The second-order valence-electron chi connectivity index (χ2n) is 6.38. The molecular formula is C18H24N4O2S. The van der Waals surface area contributed by atoms with Crippen molar-refractivity contribution in [2.75, 3.05) is 25.0 Å². The Morgan fingerprint density at radius 1 is 1.32 bits per heavy atom. The molecule has 1 saturated heterocycles. The number of ether oxygens (including phenoxy) is 1.